The Morgan fingerprint density at radius 3 is 3.12 bits per heavy atom. The van der Waals surface area contributed by atoms with E-state index in [9.17, 15) is 0 Å². The van der Waals surface area contributed by atoms with Gasteiger partial charge in [-0.15, -0.1) is 0 Å². The molecule has 17 heavy (non-hydrogen) atoms. The number of halogens is 1. The number of hydrogen-bond donors (Lipinski definition) is 2. The van der Waals surface area contributed by atoms with Crippen molar-refractivity contribution >= 4 is 34.9 Å². The lowest BCUT2D eigenvalue weighted by molar-refractivity contribution is 0.473. The van der Waals surface area contributed by atoms with Crippen LogP contribution in [0.2, 0.25) is 5.28 Å². The van der Waals surface area contributed by atoms with Crippen molar-refractivity contribution in [2.75, 3.05) is 17.3 Å². The second-order valence-corrected chi connectivity index (χ2v) is 5.78. The zero-order valence-corrected chi connectivity index (χ0v) is 11.4. The standard InChI is InChI=1S/C11H17ClN4S/c1-17-8-4-2-3-7(5-8)15-10-9(13)6-14-11(12)16-10/h6-8H,2-5,13H2,1H3,(H,14,15,16). The van der Waals surface area contributed by atoms with Crippen molar-refractivity contribution in [3.8, 4) is 0 Å². The van der Waals surface area contributed by atoms with Gasteiger partial charge >= 0.3 is 0 Å². The molecular formula is C11H17ClN4S. The number of rotatable bonds is 3. The van der Waals surface area contributed by atoms with Gasteiger partial charge in [-0.25, -0.2) is 4.98 Å². The van der Waals surface area contributed by atoms with Gasteiger partial charge < -0.3 is 11.1 Å². The van der Waals surface area contributed by atoms with Gasteiger partial charge in [0, 0.05) is 11.3 Å². The van der Waals surface area contributed by atoms with Crippen LogP contribution in [0.4, 0.5) is 11.5 Å². The number of nitrogens with zero attached hydrogens (tertiary/aromatic N) is 2. The Labute approximate surface area is 111 Å². The number of nitrogen functional groups attached to an aromatic ring is 1. The number of hydrogen-bond acceptors (Lipinski definition) is 5. The van der Waals surface area contributed by atoms with Crippen molar-refractivity contribution < 1.29 is 0 Å². The molecule has 2 unspecified atom stereocenters. The van der Waals surface area contributed by atoms with Crippen LogP contribution < -0.4 is 11.1 Å². The van der Waals surface area contributed by atoms with Crippen molar-refractivity contribution in [1.29, 1.82) is 0 Å². The maximum absolute atomic E-state index is 5.82. The van der Waals surface area contributed by atoms with Crippen LogP contribution in [0.1, 0.15) is 25.7 Å². The molecule has 0 bridgehead atoms. The molecule has 94 valence electrons. The van der Waals surface area contributed by atoms with Crippen molar-refractivity contribution in [2.24, 2.45) is 0 Å². The fourth-order valence-corrected chi connectivity index (χ4v) is 3.13. The van der Waals surface area contributed by atoms with Crippen LogP contribution >= 0.6 is 23.4 Å². The van der Waals surface area contributed by atoms with E-state index in [1.54, 1.807) is 6.20 Å². The summed E-state index contributed by atoms with van der Waals surface area (Å²) in [5.74, 6) is 0.664. The van der Waals surface area contributed by atoms with E-state index in [0.717, 1.165) is 18.1 Å². The highest BCUT2D eigenvalue weighted by atomic mass is 35.5. The van der Waals surface area contributed by atoms with Crippen LogP contribution in [0, 0.1) is 0 Å². The van der Waals surface area contributed by atoms with Crippen LogP contribution in [0.3, 0.4) is 0 Å². The lowest BCUT2D eigenvalue weighted by Crippen LogP contribution is -2.29. The number of aromatic nitrogens is 2. The monoisotopic (exact) mass is 272 g/mol. The largest absolute Gasteiger partial charge is 0.394 e. The van der Waals surface area contributed by atoms with E-state index in [1.165, 1.54) is 12.8 Å². The molecule has 4 nitrogen and oxygen atoms in total. The predicted molar refractivity (Wildman–Crippen MR) is 74.6 cm³/mol. The quantitative estimate of drug-likeness (QED) is 0.829. The Kier molecular flexibility index (Phi) is 4.34. The van der Waals surface area contributed by atoms with Gasteiger partial charge in [-0.05, 0) is 37.1 Å². The first kappa shape index (κ1) is 12.8. The fraction of sp³-hybridized carbons (Fsp3) is 0.636. The van der Waals surface area contributed by atoms with Crippen molar-refractivity contribution in [1.82, 2.24) is 9.97 Å². The van der Waals surface area contributed by atoms with Gasteiger partial charge in [0.05, 0.1) is 11.9 Å². The number of thioether (sulfide) groups is 1. The molecule has 1 fully saturated rings. The molecule has 1 aromatic rings. The predicted octanol–water partition coefficient (Wildman–Crippen LogP) is 2.80. The molecule has 0 spiro atoms. The van der Waals surface area contributed by atoms with Gasteiger partial charge in [-0.2, -0.15) is 16.7 Å². The van der Waals surface area contributed by atoms with Crippen molar-refractivity contribution in [3.63, 3.8) is 0 Å². The molecule has 1 aliphatic rings. The maximum Gasteiger partial charge on any atom is 0.224 e. The third-order valence-electron chi connectivity index (χ3n) is 3.09. The number of nitrogens with two attached hydrogens (primary N) is 1. The molecule has 1 aromatic heterocycles. The zero-order valence-electron chi connectivity index (χ0n) is 9.82. The van der Waals surface area contributed by atoms with Gasteiger partial charge in [0.25, 0.3) is 0 Å². The highest BCUT2D eigenvalue weighted by Crippen LogP contribution is 2.29. The lowest BCUT2D eigenvalue weighted by Gasteiger charge is -2.29. The summed E-state index contributed by atoms with van der Waals surface area (Å²) in [7, 11) is 0. The van der Waals surface area contributed by atoms with Gasteiger partial charge in [-0.1, -0.05) is 6.42 Å². The summed E-state index contributed by atoms with van der Waals surface area (Å²) in [4.78, 5) is 7.98. The van der Waals surface area contributed by atoms with Gasteiger partial charge in [0.15, 0.2) is 5.82 Å². The number of nitrogens with one attached hydrogen (secondary N) is 1. The molecule has 6 heteroatoms. The smallest absolute Gasteiger partial charge is 0.224 e. The van der Waals surface area contributed by atoms with Crippen LogP contribution in [-0.2, 0) is 0 Å². The van der Waals surface area contributed by atoms with E-state index >= 15 is 0 Å². The van der Waals surface area contributed by atoms with Gasteiger partial charge in [0.2, 0.25) is 5.28 Å². The Balaban J connectivity index is 2.02. The van der Waals surface area contributed by atoms with E-state index in [1.807, 2.05) is 11.8 Å². The Hall–Kier alpha value is -0.680. The highest BCUT2D eigenvalue weighted by molar-refractivity contribution is 7.99. The summed E-state index contributed by atoms with van der Waals surface area (Å²) in [5.41, 5.74) is 6.38. The molecule has 2 rings (SSSR count). The Bertz CT molecular complexity index is 388. The molecule has 1 heterocycles. The van der Waals surface area contributed by atoms with Crippen molar-refractivity contribution in [3.05, 3.63) is 11.5 Å². The molecule has 0 amide bonds. The van der Waals surface area contributed by atoms with E-state index in [2.05, 4.69) is 21.5 Å². The van der Waals surface area contributed by atoms with E-state index in [0.29, 0.717) is 17.5 Å². The SMILES string of the molecule is CSC1CCCC(Nc2nc(Cl)ncc2N)C1. The van der Waals surface area contributed by atoms with Gasteiger partial charge in [0.1, 0.15) is 0 Å². The van der Waals surface area contributed by atoms with Crippen LogP contribution in [-0.4, -0.2) is 27.5 Å². The minimum atomic E-state index is 0.235. The first-order valence-corrected chi connectivity index (χ1v) is 7.43. The molecule has 2 atom stereocenters. The average molecular weight is 273 g/mol. The fourth-order valence-electron chi connectivity index (χ4n) is 2.17. The minimum absolute atomic E-state index is 0.235. The molecule has 1 aliphatic carbocycles. The third kappa shape index (κ3) is 3.39. The van der Waals surface area contributed by atoms with E-state index < -0.39 is 0 Å². The van der Waals surface area contributed by atoms with E-state index in [-0.39, 0.29) is 5.28 Å². The third-order valence-corrected chi connectivity index (χ3v) is 4.36. The lowest BCUT2D eigenvalue weighted by atomic mass is 9.95. The minimum Gasteiger partial charge on any atom is -0.394 e. The Morgan fingerprint density at radius 1 is 1.53 bits per heavy atom. The first-order valence-electron chi connectivity index (χ1n) is 5.76. The molecular weight excluding hydrogens is 256 g/mol. The van der Waals surface area contributed by atoms with Crippen molar-refractivity contribution in [2.45, 2.75) is 37.0 Å². The molecule has 0 radical (unpaired) electrons. The van der Waals surface area contributed by atoms with Crippen LogP contribution in [0.25, 0.3) is 0 Å². The zero-order chi connectivity index (χ0) is 12.3. The van der Waals surface area contributed by atoms with Gasteiger partial charge in [-0.3, -0.25) is 0 Å². The average Bonchev–Trinajstić information content (AvgIpc) is 2.34. The summed E-state index contributed by atoms with van der Waals surface area (Å²) in [6.45, 7) is 0. The second kappa shape index (κ2) is 5.78. The molecule has 0 saturated heterocycles. The summed E-state index contributed by atoms with van der Waals surface area (Å²) in [5, 5.41) is 4.35. The normalized spacial score (nSPS) is 24.6. The summed E-state index contributed by atoms with van der Waals surface area (Å²) >= 11 is 7.71. The Morgan fingerprint density at radius 2 is 2.35 bits per heavy atom. The first-order chi connectivity index (χ1) is 8.19. The molecule has 0 aromatic carbocycles. The van der Waals surface area contributed by atoms with Crippen LogP contribution in [0.15, 0.2) is 6.20 Å². The van der Waals surface area contributed by atoms with E-state index in [4.69, 9.17) is 17.3 Å². The summed E-state index contributed by atoms with van der Waals surface area (Å²) < 4.78 is 0. The topological polar surface area (TPSA) is 63.8 Å². The highest BCUT2D eigenvalue weighted by Gasteiger charge is 2.22. The molecule has 1 saturated carbocycles. The molecule has 3 N–H and O–H groups in total. The maximum atomic E-state index is 5.82. The second-order valence-electron chi connectivity index (χ2n) is 4.31. The number of anilines is 2. The molecule has 0 aliphatic heterocycles. The summed E-state index contributed by atoms with van der Waals surface area (Å²) in [6.07, 6.45) is 8.59. The summed E-state index contributed by atoms with van der Waals surface area (Å²) in [6, 6.07) is 0.439. The van der Waals surface area contributed by atoms with Crippen LogP contribution in [0.5, 0.6) is 0 Å².